The van der Waals surface area contributed by atoms with Crippen LogP contribution in [0.3, 0.4) is 0 Å². The first-order chi connectivity index (χ1) is 16.7. The second-order valence-corrected chi connectivity index (χ2v) is 8.64. The van der Waals surface area contributed by atoms with Gasteiger partial charge in [0.1, 0.15) is 17.6 Å². The molecule has 34 heavy (non-hydrogen) atoms. The topological polar surface area (TPSA) is 59.1 Å². The van der Waals surface area contributed by atoms with Crippen LogP contribution in [-0.2, 0) is 9.53 Å². The van der Waals surface area contributed by atoms with Gasteiger partial charge in [0, 0.05) is 38.3 Å². The van der Waals surface area contributed by atoms with Crippen LogP contribution in [0.15, 0.2) is 78.9 Å². The summed E-state index contributed by atoms with van der Waals surface area (Å²) in [4.78, 5) is 29.2. The van der Waals surface area contributed by atoms with Gasteiger partial charge >= 0.3 is 0 Å². The molecule has 5 rings (SSSR count). The number of piperazine rings is 1. The molecule has 3 aromatic rings. The number of hydrogen-bond donors (Lipinski definition) is 0. The summed E-state index contributed by atoms with van der Waals surface area (Å²) in [6, 6.07) is 25.3. The molecule has 3 aromatic carbocycles. The van der Waals surface area contributed by atoms with E-state index in [-0.39, 0.29) is 17.9 Å². The maximum absolute atomic E-state index is 13.0. The summed E-state index contributed by atoms with van der Waals surface area (Å²) < 4.78 is 11.4. The molecule has 0 unspecified atom stereocenters. The summed E-state index contributed by atoms with van der Waals surface area (Å²) in [5.74, 6) is 1.64. The third-order valence-corrected chi connectivity index (χ3v) is 6.38. The Hall–Kier alpha value is -3.64. The summed E-state index contributed by atoms with van der Waals surface area (Å²) in [7, 11) is 0. The minimum absolute atomic E-state index is 0.00220. The third-order valence-electron chi connectivity index (χ3n) is 6.38. The van der Waals surface area contributed by atoms with Crippen molar-refractivity contribution in [2.75, 3.05) is 32.8 Å². The van der Waals surface area contributed by atoms with Crippen molar-refractivity contribution in [3.63, 3.8) is 0 Å². The van der Waals surface area contributed by atoms with E-state index in [9.17, 15) is 9.59 Å². The van der Waals surface area contributed by atoms with Crippen molar-refractivity contribution in [1.29, 1.82) is 0 Å². The molecule has 2 aliphatic heterocycles. The van der Waals surface area contributed by atoms with Crippen molar-refractivity contribution in [3.05, 3.63) is 84.4 Å². The van der Waals surface area contributed by atoms with Gasteiger partial charge in [0.15, 0.2) is 0 Å². The lowest BCUT2D eigenvalue weighted by atomic mass is 10.0. The lowest BCUT2D eigenvalue weighted by molar-refractivity contribution is -0.142. The predicted octanol–water partition coefficient (Wildman–Crippen LogP) is 4.61. The highest BCUT2D eigenvalue weighted by Gasteiger charge is 2.31. The maximum atomic E-state index is 13.0. The smallest absolute Gasteiger partial charge is 0.253 e. The molecule has 2 saturated heterocycles. The number of carbonyl (C=O) groups is 2. The number of amides is 2. The minimum Gasteiger partial charge on any atom is -0.457 e. The van der Waals surface area contributed by atoms with E-state index in [0.29, 0.717) is 38.3 Å². The highest BCUT2D eigenvalue weighted by atomic mass is 16.5. The molecule has 0 aliphatic carbocycles. The largest absolute Gasteiger partial charge is 0.457 e. The standard InChI is InChI=1S/C28H28N2O4/c31-27(29-16-18-30(19-17-29)28(32)26-7-4-20-33-26)23-10-8-21(9-11-23)22-12-14-25(15-13-22)34-24-5-2-1-3-6-24/h1-3,5-6,8-15,26H,4,7,16-20H2/t26-/m0/s1. The SMILES string of the molecule is O=C(c1ccc(-c2ccc(Oc3ccccc3)cc2)cc1)N1CCN(C(=O)[C@@H]2CCCO2)CC1. The fraction of sp³-hybridized carbons (Fsp3) is 0.286. The van der Waals surface area contributed by atoms with Gasteiger partial charge in [-0.1, -0.05) is 42.5 Å². The first-order valence-corrected chi connectivity index (χ1v) is 11.8. The number of hydrogen-bond acceptors (Lipinski definition) is 4. The number of ether oxygens (including phenoxy) is 2. The van der Waals surface area contributed by atoms with Crippen molar-refractivity contribution in [2.24, 2.45) is 0 Å². The lowest BCUT2D eigenvalue weighted by Crippen LogP contribution is -2.52. The molecular formula is C28H28N2O4. The fourth-order valence-corrected chi connectivity index (χ4v) is 4.43. The monoisotopic (exact) mass is 456 g/mol. The van der Waals surface area contributed by atoms with E-state index in [0.717, 1.165) is 35.5 Å². The number of para-hydroxylation sites is 1. The van der Waals surface area contributed by atoms with E-state index >= 15 is 0 Å². The molecule has 0 spiro atoms. The molecule has 0 radical (unpaired) electrons. The molecular weight excluding hydrogens is 428 g/mol. The van der Waals surface area contributed by atoms with Gasteiger partial charge in [-0.15, -0.1) is 0 Å². The van der Waals surface area contributed by atoms with Crippen molar-refractivity contribution in [2.45, 2.75) is 18.9 Å². The van der Waals surface area contributed by atoms with Crippen molar-refractivity contribution in [3.8, 4) is 22.6 Å². The second-order valence-electron chi connectivity index (χ2n) is 8.64. The average Bonchev–Trinajstić information content (AvgIpc) is 3.44. The van der Waals surface area contributed by atoms with Crippen LogP contribution in [0.4, 0.5) is 0 Å². The Balaban J connectivity index is 1.17. The first-order valence-electron chi connectivity index (χ1n) is 11.8. The Kier molecular flexibility index (Phi) is 6.58. The average molecular weight is 457 g/mol. The molecule has 2 heterocycles. The summed E-state index contributed by atoms with van der Waals surface area (Å²) in [6.07, 6.45) is 1.44. The van der Waals surface area contributed by atoms with Gasteiger partial charge in [0.2, 0.25) is 0 Å². The van der Waals surface area contributed by atoms with Crippen LogP contribution in [0.25, 0.3) is 11.1 Å². The first kappa shape index (κ1) is 22.2. The minimum atomic E-state index is -0.297. The van der Waals surface area contributed by atoms with Crippen LogP contribution in [0.1, 0.15) is 23.2 Å². The summed E-state index contributed by atoms with van der Waals surface area (Å²) in [5, 5.41) is 0. The van der Waals surface area contributed by atoms with Crippen LogP contribution in [0.5, 0.6) is 11.5 Å². The van der Waals surface area contributed by atoms with Gasteiger partial charge < -0.3 is 19.3 Å². The van der Waals surface area contributed by atoms with Crippen molar-refractivity contribution in [1.82, 2.24) is 9.80 Å². The molecule has 0 bridgehead atoms. The molecule has 0 aromatic heterocycles. The van der Waals surface area contributed by atoms with E-state index < -0.39 is 0 Å². The molecule has 0 N–H and O–H groups in total. The normalized spacial score (nSPS) is 18.1. The Morgan fingerprint density at radius 3 is 1.94 bits per heavy atom. The van der Waals surface area contributed by atoms with Crippen LogP contribution in [0, 0.1) is 0 Å². The number of nitrogens with zero attached hydrogens (tertiary/aromatic N) is 2. The van der Waals surface area contributed by atoms with Gasteiger partial charge in [0.05, 0.1) is 0 Å². The predicted molar refractivity (Wildman–Crippen MR) is 130 cm³/mol. The zero-order valence-electron chi connectivity index (χ0n) is 19.1. The number of rotatable bonds is 5. The Labute approximate surface area is 199 Å². The zero-order chi connectivity index (χ0) is 23.3. The highest BCUT2D eigenvalue weighted by molar-refractivity contribution is 5.95. The van der Waals surface area contributed by atoms with Crippen LogP contribution < -0.4 is 4.74 Å². The van der Waals surface area contributed by atoms with Gasteiger partial charge in [-0.2, -0.15) is 0 Å². The summed E-state index contributed by atoms with van der Waals surface area (Å²) in [5.41, 5.74) is 2.75. The fourth-order valence-electron chi connectivity index (χ4n) is 4.43. The van der Waals surface area contributed by atoms with E-state index in [4.69, 9.17) is 9.47 Å². The molecule has 174 valence electrons. The maximum Gasteiger partial charge on any atom is 0.253 e. The van der Waals surface area contributed by atoms with Gasteiger partial charge in [-0.3, -0.25) is 9.59 Å². The highest BCUT2D eigenvalue weighted by Crippen LogP contribution is 2.26. The van der Waals surface area contributed by atoms with E-state index in [1.165, 1.54) is 0 Å². The number of benzene rings is 3. The van der Waals surface area contributed by atoms with Crippen LogP contribution >= 0.6 is 0 Å². The molecule has 0 saturated carbocycles. The van der Waals surface area contributed by atoms with Gasteiger partial charge in [-0.25, -0.2) is 0 Å². The Morgan fingerprint density at radius 2 is 1.32 bits per heavy atom. The van der Waals surface area contributed by atoms with Crippen molar-refractivity contribution < 1.29 is 19.1 Å². The van der Waals surface area contributed by atoms with E-state index in [2.05, 4.69) is 0 Å². The molecule has 6 heteroatoms. The van der Waals surface area contributed by atoms with E-state index in [1.807, 2.05) is 88.7 Å². The van der Waals surface area contributed by atoms with Crippen LogP contribution in [-0.4, -0.2) is 60.5 Å². The van der Waals surface area contributed by atoms with Gasteiger partial charge in [0.25, 0.3) is 11.8 Å². The summed E-state index contributed by atoms with van der Waals surface area (Å²) >= 11 is 0. The third kappa shape index (κ3) is 4.97. The zero-order valence-corrected chi connectivity index (χ0v) is 19.1. The van der Waals surface area contributed by atoms with Crippen molar-refractivity contribution >= 4 is 11.8 Å². The molecule has 2 amide bonds. The van der Waals surface area contributed by atoms with Gasteiger partial charge in [-0.05, 0) is 60.4 Å². The second kappa shape index (κ2) is 10.1. The Bertz CT molecular complexity index is 1120. The number of carbonyl (C=O) groups excluding carboxylic acids is 2. The lowest BCUT2D eigenvalue weighted by Gasteiger charge is -2.35. The summed E-state index contributed by atoms with van der Waals surface area (Å²) in [6.45, 7) is 2.86. The molecule has 6 nitrogen and oxygen atoms in total. The molecule has 1 atom stereocenters. The Morgan fingerprint density at radius 1 is 0.735 bits per heavy atom. The quantitative estimate of drug-likeness (QED) is 0.563. The van der Waals surface area contributed by atoms with E-state index in [1.54, 1.807) is 0 Å². The molecule has 2 fully saturated rings. The van der Waals surface area contributed by atoms with Crippen LogP contribution in [0.2, 0.25) is 0 Å². The molecule has 2 aliphatic rings.